The first-order chi connectivity index (χ1) is 15.5. The monoisotopic (exact) mass is 434 g/mol. The molecule has 2 atom stereocenters. The number of aryl methyl sites for hydroxylation is 1. The molecule has 0 aromatic heterocycles. The number of rotatable bonds is 8. The molecule has 168 valence electrons. The maximum absolute atomic E-state index is 13.3. The zero-order chi connectivity index (χ0) is 22.7. The summed E-state index contributed by atoms with van der Waals surface area (Å²) in [5, 5.41) is 5.81. The number of imide groups is 1. The predicted octanol–water partition coefficient (Wildman–Crippen LogP) is 2.58. The summed E-state index contributed by atoms with van der Waals surface area (Å²) in [6, 6.07) is 17.2. The number of nitrogens with one attached hydrogen (secondary N) is 2. The molecule has 2 aromatic carbocycles. The molecule has 1 fully saturated rings. The first kappa shape index (κ1) is 22.0. The van der Waals surface area contributed by atoms with Crippen LogP contribution in [0.3, 0.4) is 0 Å². The summed E-state index contributed by atoms with van der Waals surface area (Å²) in [6.45, 7) is 6.00. The van der Waals surface area contributed by atoms with Crippen LogP contribution in [0.2, 0.25) is 0 Å². The number of hydrogen-bond acceptors (Lipinski definition) is 4. The zero-order valence-corrected chi connectivity index (χ0v) is 18.6. The molecule has 1 spiro atoms. The van der Waals surface area contributed by atoms with Gasteiger partial charge in [0, 0.05) is 6.54 Å². The van der Waals surface area contributed by atoms with Crippen LogP contribution in [-0.2, 0) is 21.5 Å². The van der Waals surface area contributed by atoms with Crippen molar-refractivity contribution in [2.24, 2.45) is 0 Å². The zero-order valence-electron chi connectivity index (χ0n) is 18.6. The Morgan fingerprint density at radius 3 is 2.50 bits per heavy atom. The number of carbonyl (C=O) groups excluding carboxylic acids is 3. The van der Waals surface area contributed by atoms with Crippen molar-refractivity contribution in [1.29, 1.82) is 0 Å². The Labute approximate surface area is 188 Å². The Morgan fingerprint density at radius 1 is 1.09 bits per heavy atom. The molecule has 2 aromatic rings. The molecule has 7 nitrogen and oxygen atoms in total. The van der Waals surface area contributed by atoms with E-state index in [1.807, 2.05) is 54.6 Å². The van der Waals surface area contributed by atoms with E-state index in [-0.39, 0.29) is 24.4 Å². The fourth-order valence-electron chi connectivity index (χ4n) is 4.94. The Kier molecular flexibility index (Phi) is 6.28. The number of fused-ring (bicyclic) bond motifs is 2. The second-order valence-corrected chi connectivity index (χ2v) is 8.34. The summed E-state index contributed by atoms with van der Waals surface area (Å²) in [5.74, 6) is -0.684. The van der Waals surface area contributed by atoms with Gasteiger partial charge in [-0.15, -0.1) is 0 Å². The Hall–Kier alpha value is -3.19. The van der Waals surface area contributed by atoms with E-state index < -0.39 is 11.6 Å². The number of nitrogens with zero attached hydrogens (tertiary/aromatic N) is 2. The summed E-state index contributed by atoms with van der Waals surface area (Å²) >= 11 is 0. The van der Waals surface area contributed by atoms with Gasteiger partial charge in [0.1, 0.15) is 12.1 Å². The van der Waals surface area contributed by atoms with Crippen molar-refractivity contribution < 1.29 is 14.4 Å². The predicted molar refractivity (Wildman–Crippen MR) is 122 cm³/mol. The van der Waals surface area contributed by atoms with Crippen LogP contribution >= 0.6 is 0 Å². The molecular weight excluding hydrogens is 404 g/mol. The van der Waals surface area contributed by atoms with Crippen molar-refractivity contribution in [2.45, 2.75) is 38.3 Å². The first-order valence-corrected chi connectivity index (χ1v) is 11.3. The van der Waals surface area contributed by atoms with Gasteiger partial charge >= 0.3 is 6.03 Å². The van der Waals surface area contributed by atoms with Crippen LogP contribution in [0.4, 0.5) is 4.79 Å². The van der Waals surface area contributed by atoms with Crippen molar-refractivity contribution in [3.63, 3.8) is 0 Å². The topological polar surface area (TPSA) is 81.8 Å². The third kappa shape index (κ3) is 3.88. The molecule has 1 saturated heterocycles. The molecule has 2 N–H and O–H groups in total. The van der Waals surface area contributed by atoms with Gasteiger partial charge in [-0.05, 0) is 42.6 Å². The molecular formula is C25H30N4O3. The van der Waals surface area contributed by atoms with Crippen molar-refractivity contribution in [3.05, 3.63) is 71.3 Å². The molecule has 1 heterocycles. The SMILES string of the molecule is CCN(CC)C(CNC(=O)CN1C(=O)NC2(CCc3ccccc32)C1=O)c1ccccc1. The molecule has 7 heteroatoms. The van der Waals surface area contributed by atoms with Crippen molar-refractivity contribution in [1.82, 2.24) is 20.4 Å². The van der Waals surface area contributed by atoms with Gasteiger partial charge in [0.05, 0.1) is 6.04 Å². The minimum Gasteiger partial charge on any atom is -0.353 e. The van der Waals surface area contributed by atoms with E-state index >= 15 is 0 Å². The molecule has 4 amide bonds. The smallest absolute Gasteiger partial charge is 0.325 e. The third-order valence-electron chi connectivity index (χ3n) is 6.65. The van der Waals surface area contributed by atoms with Crippen molar-refractivity contribution in [2.75, 3.05) is 26.2 Å². The van der Waals surface area contributed by atoms with Crippen LogP contribution in [0.5, 0.6) is 0 Å². The van der Waals surface area contributed by atoms with E-state index in [0.29, 0.717) is 13.0 Å². The van der Waals surface area contributed by atoms with Crippen LogP contribution in [0.1, 0.15) is 43.0 Å². The summed E-state index contributed by atoms with van der Waals surface area (Å²) in [7, 11) is 0. The van der Waals surface area contributed by atoms with E-state index in [1.165, 1.54) is 0 Å². The largest absolute Gasteiger partial charge is 0.353 e. The molecule has 4 rings (SSSR count). The van der Waals surface area contributed by atoms with Crippen LogP contribution in [0.15, 0.2) is 54.6 Å². The molecule has 0 radical (unpaired) electrons. The van der Waals surface area contributed by atoms with Gasteiger partial charge < -0.3 is 10.6 Å². The Bertz CT molecular complexity index is 1010. The fraction of sp³-hybridized carbons (Fsp3) is 0.400. The number of amides is 4. The van der Waals surface area contributed by atoms with E-state index in [2.05, 4.69) is 29.4 Å². The maximum Gasteiger partial charge on any atom is 0.325 e. The van der Waals surface area contributed by atoms with Gasteiger partial charge in [-0.2, -0.15) is 0 Å². The average molecular weight is 435 g/mol. The van der Waals surface area contributed by atoms with Gasteiger partial charge in [0.15, 0.2) is 0 Å². The van der Waals surface area contributed by atoms with E-state index in [9.17, 15) is 14.4 Å². The van der Waals surface area contributed by atoms with Crippen LogP contribution < -0.4 is 10.6 Å². The lowest BCUT2D eigenvalue weighted by Crippen LogP contribution is -2.45. The summed E-state index contributed by atoms with van der Waals surface area (Å²) in [6.07, 6.45) is 1.25. The number of benzene rings is 2. The highest BCUT2D eigenvalue weighted by Crippen LogP contribution is 2.41. The molecule has 2 unspecified atom stereocenters. The highest BCUT2D eigenvalue weighted by molar-refractivity contribution is 6.09. The normalized spacial score (nSPS) is 20.5. The van der Waals surface area contributed by atoms with Crippen molar-refractivity contribution in [3.8, 4) is 0 Å². The second-order valence-electron chi connectivity index (χ2n) is 8.34. The summed E-state index contributed by atoms with van der Waals surface area (Å²) in [5.41, 5.74) is 1.99. The summed E-state index contributed by atoms with van der Waals surface area (Å²) < 4.78 is 0. The molecule has 0 saturated carbocycles. The molecule has 1 aliphatic carbocycles. The lowest BCUT2D eigenvalue weighted by molar-refractivity contribution is -0.135. The minimum atomic E-state index is -1.04. The lowest BCUT2D eigenvalue weighted by Gasteiger charge is -2.30. The Morgan fingerprint density at radius 2 is 1.78 bits per heavy atom. The third-order valence-corrected chi connectivity index (χ3v) is 6.65. The summed E-state index contributed by atoms with van der Waals surface area (Å²) in [4.78, 5) is 42.0. The van der Waals surface area contributed by atoms with Gasteiger partial charge in [-0.25, -0.2) is 4.79 Å². The van der Waals surface area contributed by atoms with E-state index in [1.54, 1.807) is 0 Å². The number of likely N-dealkylation sites (N-methyl/N-ethyl adjacent to an activating group) is 1. The molecule has 1 aliphatic heterocycles. The van der Waals surface area contributed by atoms with Gasteiger partial charge in [0.2, 0.25) is 5.91 Å². The van der Waals surface area contributed by atoms with E-state index in [0.717, 1.165) is 41.1 Å². The minimum absolute atomic E-state index is 0.0197. The van der Waals surface area contributed by atoms with Gasteiger partial charge in [-0.3, -0.25) is 19.4 Å². The number of urea groups is 1. The average Bonchev–Trinajstić information content (AvgIpc) is 3.30. The fourth-order valence-corrected chi connectivity index (χ4v) is 4.94. The number of hydrogen-bond donors (Lipinski definition) is 2. The van der Waals surface area contributed by atoms with Gasteiger partial charge in [0.25, 0.3) is 5.91 Å². The molecule has 2 aliphatic rings. The van der Waals surface area contributed by atoms with Crippen molar-refractivity contribution >= 4 is 17.8 Å². The van der Waals surface area contributed by atoms with E-state index in [4.69, 9.17) is 0 Å². The first-order valence-electron chi connectivity index (χ1n) is 11.3. The maximum atomic E-state index is 13.3. The van der Waals surface area contributed by atoms with Crippen LogP contribution in [0.25, 0.3) is 0 Å². The van der Waals surface area contributed by atoms with Gasteiger partial charge in [-0.1, -0.05) is 68.4 Å². The van der Waals surface area contributed by atoms with Crippen LogP contribution in [-0.4, -0.2) is 53.8 Å². The van der Waals surface area contributed by atoms with Crippen LogP contribution in [0, 0.1) is 0 Å². The molecule has 0 bridgehead atoms. The molecule has 32 heavy (non-hydrogen) atoms. The quantitative estimate of drug-likeness (QED) is 0.626. The standard InChI is InChI=1S/C25H30N4O3/c1-3-28(4-2)21(19-11-6-5-7-12-19)16-26-22(30)17-29-23(31)25(27-24(29)32)15-14-18-10-8-9-13-20(18)25/h5-13,21H,3-4,14-17H2,1-2H3,(H,26,30)(H,27,32). The highest BCUT2D eigenvalue weighted by atomic mass is 16.2. The lowest BCUT2D eigenvalue weighted by atomic mass is 9.92. The second kappa shape index (κ2) is 9.12. The Balaban J connectivity index is 1.44. The highest BCUT2D eigenvalue weighted by Gasteiger charge is 2.55. The number of carbonyl (C=O) groups is 3.